The van der Waals surface area contributed by atoms with Crippen LogP contribution in [0.3, 0.4) is 0 Å². The highest BCUT2D eigenvalue weighted by molar-refractivity contribution is 7.53. The fourth-order valence-electron chi connectivity index (χ4n) is 4.17. The summed E-state index contributed by atoms with van der Waals surface area (Å²) in [6.45, 7) is 2.10. The Balaban J connectivity index is 1.44. The highest BCUT2D eigenvalue weighted by Gasteiger charge is 2.32. The van der Waals surface area contributed by atoms with Gasteiger partial charge in [-0.2, -0.15) is 0 Å². The third-order valence-electron chi connectivity index (χ3n) is 6.29. The molecule has 8 heteroatoms. The van der Waals surface area contributed by atoms with E-state index in [0.29, 0.717) is 17.7 Å². The topological polar surface area (TPSA) is 90.9 Å². The predicted molar refractivity (Wildman–Crippen MR) is 160 cm³/mol. The summed E-state index contributed by atoms with van der Waals surface area (Å²) in [6.07, 6.45) is -0.233. The van der Waals surface area contributed by atoms with Crippen molar-refractivity contribution < 1.29 is 27.9 Å². The second-order valence-electron chi connectivity index (χ2n) is 9.40. The van der Waals surface area contributed by atoms with E-state index in [4.69, 9.17) is 13.8 Å². The molecule has 0 bridgehead atoms. The van der Waals surface area contributed by atoms with Crippen molar-refractivity contribution in [3.63, 3.8) is 0 Å². The minimum absolute atomic E-state index is 0.142. The van der Waals surface area contributed by atoms with E-state index >= 15 is 0 Å². The van der Waals surface area contributed by atoms with Gasteiger partial charge in [-0.1, -0.05) is 91.0 Å². The van der Waals surface area contributed by atoms with Gasteiger partial charge in [-0.3, -0.25) is 13.9 Å². The van der Waals surface area contributed by atoms with Crippen molar-refractivity contribution in [3.05, 3.63) is 138 Å². The highest BCUT2D eigenvalue weighted by atomic mass is 31.2. The largest absolute Gasteiger partial charge is 0.457 e. The van der Waals surface area contributed by atoms with Crippen LogP contribution in [-0.2, 0) is 42.6 Å². The van der Waals surface area contributed by atoms with Crippen molar-refractivity contribution in [1.82, 2.24) is 0 Å². The van der Waals surface area contributed by atoms with Gasteiger partial charge in [0.05, 0.1) is 18.3 Å². The fraction of sp³-hybridized carbons (Fsp3) is 0.212. The van der Waals surface area contributed by atoms with Gasteiger partial charge in [0.1, 0.15) is 12.7 Å². The van der Waals surface area contributed by atoms with Gasteiger partial charge in [-0.25, -0.2) is 4.79 Å². The van der Waals surface area contributed by atoms with Gasteiger partial charge in [0.25, 0.3) is 5.91 Å². The molecule has 1 amide bonds. The molecule has 212 valence electrons. The Kier molecular flexibility index (Phi) is 11.0. The molecule has 0 heterocycles. The fourth-order valence-corrected chi connectivity index (χ4v) is 5.95. The number of amides is 1. The molecule has 0 aromatic heterocycles. The van der Waals surface area contributed by atoms with Gasteiger partial charge in [-0.15, -0.1) is 0 Å². The number of hydrogen-bond donors (Lipinski definition) is 1. The van der Waals surface area contributed by atoms with Gasteiger partial charge < -0.3 is 14.6 Å². The predicted octanol–water partition coefficient (Wildman–Crippen LogP) is 7.08. The molecule has 0 saturated heterocycles. The molecule has 4 aromatic rings. The Labute approximate surface area is 241 Å². The van der Waals surface area contributed by atoms with Gasteiger partial charge in [0.15, 0.2) is 0 Å². The number of benzene rings is 4. The first kappa shape index (κ1) is 29.9. The molecule has 0 radical (unpaired) electrons. The third-order valence-corrected chi connectivity index (χ3v) is 8.29. The van der Waals surface area contributed by atoms with Crippen LogP contribution >= 0.6 is 7.60 Å². The molecular formula is C33H34NO6P. The van der Waals surface area contributed by atoms with Crippen LogP contribution in [0.15, 0.2) is 115 Å². The standard InChI is InChI=1S/C33H34NO6P/c1-2-39-41(37,23-22-26-12-6-3-7-13-26)40-31(24-27-14-8-4-9-15-27)32(35)34-30-20-18-29(19-21-30)33(36)38-25-28-16-10-5-11-17-28/h3-21,31H,2,22-25H2,1H3,(H,34,35)/t31-,41?/m0/s1. The lowest BCUT2D eigenvalue weighted by atomic mass is 10.1. The molecule has 7 nitrogen and oxygen atoms in total. The van der Waals surface area contributed by atoms with Crippen LogP contribution in [0.4, 0.5) is 5.69 Å². The van der Waals surface area contributed by atoms with Crippen LogP contribution in [0, 0.1) is 0 Å². The van der Waals surface area contributed by atoms with E-state index in [1.54, 1.807) is 31.2 Å². The van der Waals surface area contributed by atoms with Crippen molar-refractivity contribution in [3.8, 4) is 0 Å². The van der Waals surface area contributed by atoms with Crippen molar-refractivity contribution in [2.24, 2.45) is 0 Å². The maximum Gasteiger partial charge on any atom is 0.338 e. The van der Waals surface area contributed by atoms with Crippen LogP contribution in [0.2, 0.25) is 0 Å². The number of carbonyl (C=O) groups excluding carboxylic acids is 2. The normalized spacial score (nSPS) is 13.1. The molecule has 0 aliphatic carbocycles. The lowest BCUT2D eigenvalue weighted by molar-refractivity contribution is -0.123. The number of hydrogen-bond acceptors (Lipinski definition) is 6. The molecular weight excluding hydrogens is 537 g/mol. The number of rotatable bonds is 14. The lowest BCUT2D eigenvalue weighted by Gasteiger charge is -2.24. The van der Waals surface area contributed by atoms with Gasteiger partial charge in [-0.05, 0) is 54.3 Å². The average Bonchev–Trinajstić information content (AvgIpc) is 3.00. The van der Waals surface area contributed by atoms with Crippen molar-refractivity contribution in [1.29, 1.82) is 0 Å². The molecule has 0 aliphatic heterocycles. The van der Waals surface area contributed by atoms with E-state index in [1.165, 1.54) is 0 Å². The van der Waals surface area contributed by atoms with E-state index in [-0.39, 0.29) is 25.8 Å². The molecule has 4 rings (SSSR count). The molecule has 2 atom stereocenters. The number of anilines is 1. The second kappa shape index (κ2) is 15.1. The number of carbonyl (C=O) groups is 2. The Bertz CT molecular complexity index is 1430. The average molecular weight is 572 g/mol. The summed E-state index contributed by atoms with van der Waals surface area (Å²) in [7, 11) is -3.61. The molecule has 1 N–H and O–H groups in total. The Morgan fingerprint density at radius 2 is 1.32 bits per heavy atom. The summed E-state index contributed by atoms with van der Waals surface area (Å²) in [4.78, 5) is 25.9. The SMILES string of the molecule is CCOP(=O)(CCc1ccccc1)O[C@@H](Cc1ccccc1)C(=O)Nc1ccc(C(=O)OCc2ccccc2)cc1. The number of esters is 1. The van der Waals surface area contributed by atoms with Crippen molar-refractivity contribution in [2.75, 3.05) is 18.1 Å². The van der Waals surface area contributed by atoms with E-state index < -0.39 is 25.6 Å². The maximum atomic E-state index is 13.8. The van der Waals surface area contributed by atoms with Gasteiger partial charge in [0.2, 0.25) is 0 Å². The third kappa shape index (κ3) is 9.54. The summed E-state index contributed by atoms with van der Waals surface area (Å²) in [5, 5.41) is 2.83. The molecule has 4 aromatic carbocycles. The Morgan fingerprint density at radius 1 is 0.756 bits per heavy atom. The Hall–Kier alpha value is -4.03. The van der Waals surface area contributed by atoms with Crippen LogP contribution < -0.4 is 5.32 Å². The number of nitrogens with one attached hydrogen (secondary N) is 1. The second-order valence-corrected chi connectivity index (χ2v) is 11.5. The van der Waals surface area contributed by atoms with E-state index in [0.717, 1.165) is 16.7 Å². The van der Waals surface area contributed by atoms with Crippen LogP contribution in [0.5, 0.6) is 0 Å². The highest BCUT2D eigenvalue weighted by Crippen LogP contribution is 2.50. The smallest absolute Gasteiger partial charge is 0.338 e. The molecule has 41 heavy (non-hydrogen) atoms. The quantitative estimate of drug-likeness (QED) is 0.128. The zero-order valence-electron chi connectivity index (χ0n) is 23.0. The van der Waals surface area contributed by atoms with Crippen LogP contribution in [0.1, 0.15) is 34.0 Å². The van der Waals surface area contributed by atoms with Gasteiger partial charge >= 0.3 is 13.6 Å². The van der Waals surface area contributed by atoms with E-state index in [1.807, 2.05) is 91.0 Å². The van der Waals surface area contributed by atoms with E-state index in [9.17, 15) is 14.2 Å². The summed E-state index contributed by atoms with van der Waals surface area (Å²) in [6, 6.07) is 34.9. The van der Waals surface area contributed by atoms with Crippen molar-refractivity contribution in [2.45, 2.75) is 32.5 Å². The molecule has 0 fully saturated rings. The first-order valence-corrected chi connectivity index (χ1v) is 15.3. The molecule has 0 aliphatic rings. The molecule has 1 unspecified atom stereocenters. The zero-order valence-corrected chi connectivity index (χ0v) is 23.9. The van der Waals surface area contributed by atoms with Crippen molar-refractivity contribution >= 4 is 25.2 Å². The summed E-state index contributed by atoms with van der Waals surface area (Å²) in [5.74, 6) is -0.930. The minimum atomic E-state index is -3.61. The first-order valence-electron chi connectivity index (χ1n) is 13.6. The summed E-state index contributed by atoms with van der Waals surface area (Å²) < 4.78 is 30.8. The van der Waals surface area contributed by atoms with Gasteiger partial charge in [0, 0.05) is 12.1 Å². The van der Waals surface area contributed by atoms with E-state index in [2.05, 4.69) is 5.32 Å². The number of ether oxygens (including phenoxy) is 1. The first-order chi connectivity index (χ1) is 19.9. The van der Waals surface area contributed by atoms with Crippen LogP contribution in [-0.4, -0.2) is 30.7 Å². The Morgan fingerprint density at radius 3 is 1.90 bits per heavy atom. The maximum absolute atomic E-state index is 13.8. The lowest BCUT2D eigenvalue weighted by Crippen LogP contribution is -2.32. The minimum Gasteiger partial charge on any atom is -0.457 e. The molecule has 0 saturated carbocycles. The number of aryl methyl sites for hydroxylation is 1. The summed E-state index contributed by atoms with van der Waals surface area (Å²) in [5.41, 5.74) is 3.57. The zero-order chi connectivity index (χ0) is 28.9. The van der Waals surface area contributed by atoms with Crippen LogP contribution in [0.25, 0.3) is 0 Å². The monoisotopic (exact) mass is 571 g/mol. The molecule has 0 spiro atoms. The summed E-state index contributed by atoms with van der Waals surface area (Å²) >= 11 is 0.